The maximum atomic E-state index is 12.5. The summed E-state index contributed by atoms with van der Waals surface area (Å²) in [5, 5.41) is 2.91. The molecular weight excluding hydrogens is 292 g/mol. The summed E-state index contributed by atoms with van der Waals surface area (Å²) in [6.45, 7) is 5.15. The zero-order chi connectivity index (χ0) is 16.7. The molecule has 2 rings (SSSR count). The van der Waals surface area contributed by atoms with Crippen LogP contribution < -0.4 is 15.0 Å². The second kappa shape index (κ2) is 8.56. The highest BCUT2D eigenvalue weighted by Gasteiger charge is 2.32. The van der Waals surface area contributed by atoms with Crippen molar-refractivity contribution in [2.24, 2.45) is 0 Å². The number of hydrogen-bond donors (Lipinski definition) is 1. The van der Waals surface area contributed by atoms with Gasteiger partial charge in [0.25, 0.3) is 5.91 Å². The quantitative estimate of drug-likeness (QED) is 0.750. The van der Waals surface area contributed by atoms with E-state index in [0.717, 1.165) is 24.9 Å². The Morgan fingerprint density at radius 3 is 2.78 bits per heavy atom. The van der Waals surface area contributed by atoms with Gasteiger partial charge in [0.15, 0.2) is 6.10 Å². The monoisotopic (exact) mass is 318 g/mol. The van der Waals surface area contributed by atoms with Crippen LogP contribution >= 0.6 is 0 Å². The minimum absolute atomic E-state index is 0.00840. The highest BCUT2D eigenvalue weighted by atomic mass is 16.5. The maximum absolute atomic E-state index is 12.5. The molecule has 1 unspecified atom stereocenters. The van der Waals surface area contributed by atoms with E-state index in [1.54, 1.807) is 4.90 Å². The molecule has 2 amide bonds. The van der Waals surface area contributed by atoms with E-state index in [0.29, 0.717) is 31.7 Å². The number of para-hydroxylation sites is 2. The van der Waals surface area contributed by atoms with Crippen molar-refractivity contribution in [3.8, 4) is 5.75 Å². The topological polar surface area (TPSA) is 58.6 Å². The van der Waals surface area contributed by atoms with E-state index in [2.05, 4.69) is 12.2 Å². The van der Waals surface area contributed by atoms with E-state index in [4.69, 9.17) is 4.74 Å². The summed E-state index contributed by atoms with van der Waals surface area (Å²) in [6.07, 6.45) is 3.72. The van der Waals surface area contributed by atoms with Crippen molar-refractivity contribution in [2.75, 3.05) is 18.0 Å². The van der Waals surface area contributed by atoms with Crippen LogP contribution in [0.2, 0.25) is 0 Å². The molecule has 1 atom stereocenters. The Balaban J connectivity index is 1.95. The van der Waals surface area contributed by atoms with E-state index < -0.39 is 6.10 Å². The lowest BCUT2D eigenvalue weighted by molar-refractivity contribution is -0.126. The van der Waals surface area contributed by atoms with Gasteiger partial charge in [-0.25, -0.2) is 0 Å². The molecule has 126 valence electrons. The first-order valence-corrected chi connectivity index (χ1v) is 8.51. The number of rotatable bonds is 8. The van der Waals surface area contributed by atoms with E-state index in [1.165, 1.54) is 0 Å². The number of carbonyl (C=O) groups excluding carboxylic acids is 2. The highest BCUT2D eigenvalue weighted by Crippen LogP contribution is 2.34. The van der Waals surface area contributed by atoms with E-state index in [-0.39, 0.29) is 11.8 Å². The number of benzene rings is 1. The minimum Gasteiger partial charge on any atom is -0.478 e. The maximum Gasteiger partial charge on any atom is 0.268 e. The number of fused-ring (bicyclic) bond motifs is 1. The number of hydrogen-bond acceptors (Lipinski definition) is 3. The molecule has 1 aromatic carbocycles. The van der Waals surface area contributed by atoms with Crippen LogP contribution in [0.3, 0.4) is 0 Å². The minimum atomic E-state index is -0.461. The number of unbranched alkanes of at least 4 members (excludes halogenated alkanes) is 2. The van der Waals surface area contributed by atoms with Crippen LogP contribution in [-0.2, 0) is 9.59 Å². The average Bonchev–Trinajstić information content (AvgIpc) is 2.57. The molecule has 1 aliphatic rings. The normalized spacial score (nSPS) is 16.7. The molecule has 0 aromatic heterocycles. The summed E-state index contributed by atoms with van der Waals surface area (Å²) in [4.78, 5) is 26.1. The van der Waals surface area contributed by atoms with Crippen molar-refractivity contribution in [1.82, 2.24) is 5.32 Å². The Morgan fingerprint density at radius 1 is 1.26 bits per heavy atom. The van der Waals surface area contributed by atoms with Crippen molar-refractivity contribution in [2.45, 2.75) is 52.1 Å². The first kappa shape index (κ1) is 17.3. The predicted octanol–water partition coefficient (Wildman–Crippen LogP) is 2.89. The molecule has 0 spiro atoms. The van der Waals surface area contributed by atoms with Gasteiger partial charge in [0.1, 0.15) is 5.75 Å². The molecule has 1 N–H and O–H groups in total. The lowest BCUT2D eigenvalue weighted by Crippen LogP contribution is -2.46. The van der Waals surface area contributed by atoms with Gasteiger partial charge >= 0.3 is 0 Å². The summed E-state index contributed by atoms with van der Waals surface area (Å²) in [7, 11) is 0. The fourth-order valence-electron chi connectivity index (χ4n) is 2.67. The van der Waals surface area contributed by atoms with Crippen molar-refractivity contribution in [3.05, 3.63) is 24.3 Å². The molecule has 0 bridgehead atoms. The Morgan fingerprint density at radius 2 is 2.04 bits per heavy atom. The van der Waals surface area contributed by atoms with Gasteiger partial charge < -0.3 is 15.0 Å². The van der Waals surface area contributed by atoms with Gasteiger partial charge in [-0.15, -0.1) is 0 Å². The Hall–Kier alpha value is -2.04. The second-order valence-corrected chi connectivity index (χ2v) is 5.78. The molecule has 23 heavy (non-hydrogen) atoms. The zero-order valence-corrected chi connectivity index (χ0v) is 14.0. The SMILES string of the molecule is CCCCCNC(=O)CCN1C(=O)C(CC)Oc2ccccc21. The number of anilines is 1. The molecule has 0 saturated carbocycles. The lowest BCUT2D eigenvalue weighted by Gasteiger charge is -2.33. The van der Waals surface area contributed by atoms with Crippen LogP contribution in [0.4, 0.5) is 5.69 Å². The number of nitrogens with zero attached hydrogens (tertiary/aromatic N) is 1. The van der Waals surface area contributed by atoms with Crippen LogP contribution in [0.5, 0.6) is 5.75 Å². The molecule has 5 heteroatoms. The van der Waals surface area contributed by atoms with Gasteiger partial charge in [-0.05, 0) is 25.0 Å². The van der Waals surface area contributed by atoms with Crippen molar-refractivity contribution in [3.63, 3.8) is 0 Å². The largest absolute Gasteiger partial charge is 0.478 e. The molecule has 0 fully saturated rings. The van der Waals surface area contributed by atoms with Crippen LogP contribution in [0.1, 0.15) is 46.0 Å². The summed E-state index contributed by atoms with van der Waals surface area (Å²) in [6, 6.07) is 7.49. The van der Waals surface area contributed by atoms with Crippen LogP contribution in [-0.4, -0.2) is 31.0 Å². The van der Waals surface area contributed by atoms with Gasteiger partial charge in [0.05, 0.1) is 5.69 Å². The molecule has 1 aromatic rings. The van der Waals surface area contributed by atoms with Gasteiger partial charge in [0, 0.05) is 19.5 Å². The van der Waals surface area contributed by atoms with Gasteiger partial charge in [0.2, 0.25) is 5.91 Å². The fraction of sp³-hybridized carbons (Fsp3) is 0.556. The molecule has 0 radical (unpaired) electrons. The molecule has 5 nitrogen and oxygen atoms in total. The van der Waals surface area contributed by atoms with Crippen LogP contribution in [0.15, 0.2) is 24.3 Å². The Bertz CT molecular complexity index is 545. The molecular formula is C18H26N2O3. The second-order valence-electron chi connectivity index (χ2n) is 5.78. The number of carbonyl (C=O) groups is 2. The molecule has 1 aliphatic heterocycles. The number of nitrogens with one attached hydrogen (secondary N) is 1. The van der Waals surface area contributed by atoms with Gasteiger partial charge in [-0.3, -0.25) is 9.59 Å². The molecule has 1 heterocycles. The third-order valence-electron chi connectivity index (χ3n) is 4.00. The predicted molar refractivity (Wildman–Crippen MR) is 90.7 cm³/mol. The Labute approximate surface area is 138 Å². The molecule has 0 saturated heterocycles. The third-order valence-corrected chi connectivity index (χ3v) is 4.00. The Kier molecular flexibility index (Phi) is 6.44. The van der Waals surface area contributed by atoms with Gasteiger partial charge in [-0.2, -0.15) is 0 Å². The lowest BCUT2D eigenvalue weighted by atomic mass is 10.1. The summed E-state index contributed by atoms with van der Waals surface area (Å²) in [5.41, 5.74) is 0.751. The number of amides is 2. The first-order chi connectivity index (χ1) is 11.2. The van der Waals surface area contributed by atoms with Crippen molar-refractivity contribution >= 4 is 17.5 Å². The van der Waals surface area contributed by atoms with Crippen molar-refractivity contribution in [1.29, 1.82) is 0 Å². The summed E-state index contributed by atoms with van der Waals surface area (Å²) >= 11 is 0. The van der Waals surface area contributed by atoms with Crippen molar-refractivity contribution < 1.29 is 14.3 Å². The molecule has 0 aliphatic carbocycles. The van der Waals surface area contributed by atoms with Crippen LogP contribution in [0.25, 0.3) is 0 Å². The zero-order valence-electron chi connectivity index (χ0n) is 14.0. The average molecular weight is 318 g/mol. The fourth-order valence-corrected chi connectivity index (χ4v) is 2.67. The first-order valence-electron chi connectivity index (χ1n) is 8.51. The summed E-state index contributed by atoms with van der Waals surface area (Å²) in [5.74, 6) is 0.637. The van der Waals surface area contributed by atoms with Crippen LogP contribution in [0, 0.1) is 0 Å². The number of ether oxygens (including phenoxy) is 1. The van der Waals surface area contributed by atoms with E-state index >= 15 is 0 Å². The smallest absolute Gasteiger partial charge is 0.268 e. The van der Waals surface area contributed by atoms with Gasteiger partial charge in [-0.1, -0.05) is 38.8 Å². The summed E-state index contributed by atoms with van der Waals surface area (Å²) < 4.78 is 5.73. The van der Waals surface area contributed by atoms with E-state index in [1.807, 2.05) is 31.2 Å². The highest BCUT2D eigenvalue weighted by molar-refractivity contribution is 6.00. The van der Waals surface area contributed by atoms with E-state index in [9.17, 15) is 9.59 Å². The third kappa shape index (κ3) is 4.47. The standard InChI is InChI=1S/C18H26N2O3/c1-3-5-8-12-19-17(21)11-13-20-14-9-6-7-10-16(14)23-15(4-2)18(20)22/h6-7,9-10,15H,3-5,8,11-13H2,1-2H3,(H,19,21).